The Labute approximate surface area is 241 Å². The van der Waals surface area contributed by atoms with Crippen molar-refractivity contribution in [1.82, 2.24) is 14.9 Å². The number of carbonyl (C=O) groups excluding carboxylic acids is 1. The zero-order valence-corrected chi connectivity index (χ0v) is 24.3. The Kier molecular flexibility index (Phi) is 11.0. The van der Waals surface area contributed by atoms with Crippen LogP contribution in [0.1, 0.15) is 39.7 Å². The molecule has 0 aliphatic rings. The van der Waals surface area contributed by atoms with Crippen LogP contribution in [0.15, 0.2) is 72.2 Å². The number of ether oxygens (including phenoxy) is 3. The van der Waals surface area contributed by atoms with E-state index in [-0.39, 0.29) is 6.09 Å². The van der Waals surface area contributed by atoms with Crippen molar-refractivity contribution in [2.45, 2.75) is 46.6 Å². The van der Waals surface area contributed by atoms with Crippen molar-refractivity contribution in [3.8, 4) is 11.5 Å². The highest BCUT2D eigenvalue weighted by molar-refractivity contribution is 5.91. The molecule has 10 nitrogen and oxygen atoms in total. The van der Waals surface area contributed by atoms with Gasteiger partial charge < -0.3 is 24.4 Å². The summed E-state index contributed by atoms with van der Waals surface area (Å²) in [5, 5.41) is 11.2. The number of aryl methyl sites for hydroxylation is 1. The van der Waals surface area contributed by atoms with Gasteiger partial charge in [0.2, 0.25) is 0 Å². The fourth-order valence-corrected chi connectivity index (χ4v) is 3.79. The Morgan fingerprint density at radius 1 is 1.20 bits per heavy atom. The average Bonchev–Trinajstić information content (AvgIpc) is 2.93. The largest absolute Gasteiger partial charge is 0.493 e. The monoisotopic (exact) mass is 558 g/mol. The second-order valence-corrected chi connectivity index (χ2v) is 10.1. The number of fused-ring (bicyclic) bond motifs is 1. The maximum atomic E-state index is 12.3. The van der Waals surface area contributed by atoms with Crippen LogP contribution in [-0.4, -0.2) is 58.8 Å². The minimum Gasteiger partial charge on any atom is -0.493 e. The molecule has 0 spiro atoms. The Morgan fingerprint density at radius 3 is 2.68 bits per heavy atom. The average molecular weight is 559 g/mol. The molecule has 0 aliphatic heterocycles. The fourth-order valence-electron chi connectivity index (χ4n) is 3.79. The first kappa shape index (κ1) is 30.8. The lowest BCUT2D eigenvalue weighted by Gasteiger charge is -2.26. The summed E-state index contributed by atoms with van der Waals surface area (Å²) in [5.74, 6) is 2.55. The molecule has 0 radical (unpaired) electrons. The van der Waals surface area contributed by atoms with Gasteiger partial charge in [0.05, 0.1) is 12.1 Å². The molecule has 0 unspecified atom stereocenters. The molecule has 0 fully saturated rings. The molecule has 2 N–H and O–H groups in total. The molecule has 0 saturated heterocycles. The molecule has 0 atom stereocenters. The summed E-state index contributed by atoms with van der Waals surface area (Å²) in [7, 11) is 0. The van der Waals surface area contributed by atoms with Crippen molar-refractivity contribution < 1.29 is 19.0 Å². The molecule has 216 valence electrons. The third kappa shape index (κ3) is 9.45. The van der Waals surface area contributed by atoms with Gasteiger partial charge in [-0.05, 0) is 89.1 Å². The van der Waals surface area contributed by atoms with Gasteiger partial charge in [0, 0.05) is 36.4 Å². The fraction of sp³-hybridized carbons (Fsp3) is 0.323. The highest BCUT2D eigenvalue weighted by Crippen LogP contribution is 2.29. The van der Waals surface area contributed by atoms with Crippen molar-refractivity contribution in [2.75, 3.05) is 25.0 Å². The summed E-state index contributed by atoms with van der Waals surface area (Å²) in [6, 6.07) is 11.4. The van der Waals surface area contributed by atoms with E-state index in [1.807, 2.05) is 71.0 Å². The van der Waals surface area contributed by atoms with E-state index in [0.717, 1.165) is 28.5 Å². The lowest BCUT2D eigenvalue weighted by Crippen LogP contribution is -2.37. The number of rotatable bonds is 13. The topological polar surface area (TPSA) is 122 Å². The molecular weight excluding hydrogens is 520 g/mol. The normalized spacial score (nSPS) is 11.8. The first-order chi connectivity index (χ1) is 19.6. The first-order valence-corrected chi connectivity index (χ1v) is 13.4. The number of amides is 1. The highest BCUT2D eigenvalue weighted by atomic mass is 16.6. The van der Waals surface area contributed by atoms with Gasteiger partial charge in [-0.2, -0.15) is 0 Å². The number of nitrogens with zero attached hydrogens (tertiary/aromatic N) is 4. The molecule has 0 saturated carbocycles. The van der Waals surface area contributed by atoms with Crippen LogP contribution < -0.4 is 14.8 Å². The number of allylic oxidation sites excluding steroid dienone is 2. The van der Waals surface area contributed by atoms with E-state index in [4.69, 9.17) is 19.6 Å². The van der Waals surface area contributed by atoms with Crippen LogP contribution in [0.5, 0.6) is 11.5 Å². The van der Waals surface area contributed by atoms with E-state index >= 15 is 0 Å². The summed E-state index contributed by atoms with van der Waals surface area (Å²) in [6.45, 7) is 14.8. The van der Waals surface area contributed by atoms with E-state index in [0.29, 0.717) is 49.2 Å². The minimum atomic E-state index is -0.524. The molecule has 2 aromatic carbocycles. The predicted octanol–water partition coefficient (Wildman–Crippen LogP) is 6.83. The van der Waals surface area contributed by atoms with E-state index in [1.165, 1.54) is 12.5 Å². The molecule has 1 amide bonds. The number of aliphatic imine (C=N–C) groups is 1. The summed E-state index contributed by atoms with van der Waals surface area (Å²) < 4.78 is 17.3. The third-order valence-corrected chi connectivity index (χ3v) is 5.75. The van der Waals surface area contributed by atoms with Crippen molar-refractivity contribution in [3.05, 3.63) is 72.8 Å². The number of hydrogen-bond acceptors (Lipinski definition) is 8. The molecule has 0 bridgehead atoms. The minimum absolute atomic E-state index is 0.316. The number of nitrogens with one attached hydrogen (secondary N) is 2. The van der Waals surface area contributed by atoms with Crippen LogP contribution in [0.3, 0.4) is 0 Å². The van der Waals surface area contributed by atoms with Gasteiger partial charge in [0.1, 0.15) is 41.3 Å². The highest BCUT2D eigenvalue weighted by Gasteiger charge is 2.20. The molecule has 1 aromatic heterocycles. The number of benzene rings is 2. The summed E-state index contributed by atoms with van der Waals surface area (Å²) in [5.41, 5.74) is 1.97. The number of aromatic nitrogens is 2. The Bertz CT molecular complexity index is 1430. The maximum Gasteiger partial charge on any atom is 0.410 e. The van der Waals surface area contributed by atoms with E-state index in [9.17, 15) is 4.79 Å². The molecular formula is C31H38N6O4. The van der Waals surface area contributed by atoms with Crippen LogP contribution >= 0.6 is 0 Å². The second kappa shape index (κ2) is 14.6. The zero-order chi connectivity index (χ0) is 29.8. The van der Waals surface area contributed by atoms with Gasteiger partial charge in [-0.1, -0.05) is 6.58 Å². The zero-order valence-electron chi connectivity index (χ0n) is 24.3. The van der Waals surface area contributed by atoms with E-state index in [1.54, 1.807) is 17.1 Å². The van der Waals surface area contributed by atoms with Gasteiger partial charge in [0.15, 0.2) is 0 Å². The van der Waals surface area contributed by atoms with Crippen molar-refractivity contribution in [1.29, 1.82) is 5.41 Å². The van der Waals surface area contributed by atoms with Crippen molar-refractivity contribution in [2.24, 2.45) is 4.99 Å². The SMILES string of the molecule is C=C/C(=C\C=NC=N)Oc1ccc(Nc2ncnc3cc(OCCCN(CC)C(=O)OC(C)(C)C)ccc23)cc1C. The quantitative estimate of drug-likeness (QED) is 0.0775. The summed E-state index contributed by atoms with van der Waals surface area (Å²) in [6.07, 6.45) is 7.50. The Balaban J connectivity index is 1.63. The molecule has 10 heteroatoms. The van der Waals surface area contributed by atoms with Crippen LogP contribution in [0, 0.1) is 12.3 Å². The van der Waals surface area contributed by atoms with Gasteiger partial charge in [-0.15, -0.1) is 0 Å². The standard InChI is InChI=1S/C31H38N6O4/c1-7-24(14-15-33-20-32)40-28-13-10-23(18-22(28)3)36-29-26-12-11-25(19-27(26)34-21-35-29)39-17-9-16-37(8-2)30(38)41-31(4,5)6/h7,10-15,18-21,32H,1,8-9,16-17H2,2-6H3,(H,34,35,36)/b24-14+,32-20?,33-15?. The molecule has 3 aromatic rings. The molecule has 41 heavy (non-hydrogen) atoms. The first-order valence-electron chi connectivity index (χ1n) is 13.4. The molecule has 0 aliphatic carbocycles. The number of hydrogen-bond donors (Lipinski definition) is 2. The maximum absolute atomic E-state index is 12.3. The van der Waals surface area contributed by atoms with Gasteiger partial charge >= 0.3 is 6.09 Å². The van der Waals surface area contributed by atoms with Gasteiger partial charge in [-0.3, -0.25) is 5.41 Å². The van der Waals surface area contributed by atoms with Crippen LogP contribution in [-0.2, 0) is 4.74 Å². The van der Waals surface area contributed by atoms with Crippen LogP contribution in [0.25, 0.3) is 10.9 Å². The van der Waals surface area contributed by atoms with Crippen LogP contribution in [0.2, 0.25) is 0 Å². The predicted molar refractivity (Wildman–Crippen MR) is 164 cm³/mol. The van der Waals surface area contributed by atoms with Gasteiger partial charge in [0.25, 0.3) is 0 Å². The second-order valence-electron chi connectivity index (χ2n) is 10.1. The van der Waals surface area contributed by atoms with Gasteiger partial charge in [-0.25, -0.2) is 19.8 Å². The van der Waals surface area contributed by atoms with E-state index in [2.05, 4.69) is 26.9 Å². The smallest absolute Gasteiger partial charge is 0.410 e. The summed E-state index contributed by atoms with van der Waals surface area (Å²) in [4.78, 5) is 26.6. The number of carbonyl (C=O) groups is 1. The lowest BCUT2D eigenvalue weighted by atomic mass is 10.2. The van der Waals surface area contributed by atoms with Crippen LogP contribution in [0.4, 0.5) is 16.3 Å². The summed E-state index contributed by atoms with van der Waals surface area (Å²) >= 11 is 0. The number of anilines is 2. The van der Waals surface area contributed by atoms with E-state index < -0.39 is 5.60 Å². The third-order valence-electron chi connectivity index (χ3n) is 5.75. The Morgan fingerprint density at radius 2 is 2.00 bits per heavy atom. The molecule has 1 heterocycles. The Hall–Kier alpha value is -4.73. The van der Waals surface area contributed by atoms with Crippen molar-refractivity contribution in [3.63, 3.8) is 0 Å². The van der Waals surface area contributed by atoms with Crippen molar-refractivity contribution >= 4 is 41.1 Å². The lowest BCUT2D eigenvalue weighted by molar-refractivity contribution is 0.0252. The molecule has 3 rings (SSSR count).